The third kappa shape index (κ3) is 4.73. The van der Waals surface area contributed by atoms with E-state index in [0.717, 1.165) is 11.6 Å². The van der Waals surface area contributed by atoms with Crippen molar-refractivity contribution in [2.75, 3.05) is 5.43 Å². The maximum atomic E-state index is 11.1. The van der Waals surface area contributed by atoms with Crippen LogP contribution in [0.4, 0.5) is 17.1 Å². The summed E-state index contributed by atoms with van der Waals surface area (Å²) in [5, 5.41) is 26.1. The van der Waals surface area contributed by atoms with Gasteiger partial charge in [-0.25, -0.2) is 0 Å². The topological polar surface area (TPSA) is 111 Å². The number of allylic oxidation sites excluding steroid dienone is 1. The third-order valence-electron chi connectivity index (χ3n) is 3.78. The molecule has 0 aromatic heterocycles. The fourth-order valence-electron chi connectivity index (χ4n) is 2.44. The molecule has 1 N–H and O–H groups in total. The molecule has 2 aromatic carbocycles. The Morgan fingerprint density at radius 2 is 1.88 bits per heavy atom. The summed E-state index contributed by atoms with van der Waals surface area (Å²) in [6.07, 6.45) is 2.41. The smallest absolute Gasteiger partial charge is 0.272 e. The van der Waals surface area contributed by atoms with E-state index in [4.69, 9.17) is 0 Å². The Hall–Kier alpha value is -3.55. The molecule has 0 unspecified atom stereocenters. The number of hydrazone groups is 1. The fraction of sp³-hybridized carbons (Fsp3) is 0.167. The first kappa shape index (κ1) is 18.8. The van der Waals surface area contributed by atoms with Gasteiger partial charge < -0.3 is 0 Å². The number of nitrogens with one attached hydrogen (secondary N) is 1. The van der Waals surface area contributed by atoms with Crippen molar-refractivity contribution >= 4 is 22.8 Å². The molecule has 1 atom stereocenters. The number of nitro groups is 2. The van der Waals surface area contributed by atoms with Crippen molar-refractivity contribution in [1.82, 2.24) is 0 Å². The third-order valence-corrected chi connectivity index (χ3v) is 3.78. The van der Waals surface area contributed by atoms with Crippen LogP contribution >= 0.6 is 0 Å². The predicted molar refractivity (Wildman–Crippen MR) is 100 cm³/mol. The van der Waals surface area contributed by atoms with E-state index in [1.165, 1.54) is 12.1 Å². The molecule has 0 saturated carbocycles. The first-order chi connectivity index (χ1) is 12.4. The van der Waals surface area contributed by atoms with Crippen LogP contribution in [0.3, 0.4) is 0 Å². The van der Waals surface area contributed by atoms with Crippen LogP contribution in [0.1, 0.15) is 24.8 Å². The van der Waals surface area contributed by atoms with Crippen molar-refractivity contribution in [3.05, 3.63) is 87.0 Å². The van der Waals surface area contributed by atoms with E-state index < -0.39 is 15.5 Å². The van der Waals surface area contributed by atoms with Gasteiger partial charge in [0.25, 0.3) is 5.69 Å². The second-order valence-electron chi connectivity index (χ2n) is 5.63. The Morgan fingerprint density at radius 3 is 2.46 bits per heavy atom. The summed E-state index contributed by atoms with van der Waals surface area (Å²) in [7, 11) is 0. The zero-order chi connectivity index (χ0) is 19.1. The Morgan fingerprint density at radius 1 is 1.19 bits per heavy atom. The molecule has 2 aromatic rings. The molecular weight excluding hydrogens is 336 g/mol. The molecule has 26 heavy (non-hydrogen) atoms. The molecular formula is C18H18N4O4. The van der Waals surface area contributed by atoms with Crippen LogP contribution in [-0.4, -0.2) is 15.6 Å². The van der Waals surface area contributed by atoms with E-state index in [9.17, 15) is 20.2 Å². The lowest BCUT2D eigenvalue weighted by Gasteiger charge is -2.12. The highest BCUT2D eigenvalue weighted by Gasteiger charge is 2.19. The minimum atomic E-state index is -0.684. The van der Waals surface area contributed by atoms with Gasteiger partial charge in [0.2, 0.25) is 0 Å². The monoisotopic (exact) mass is 354 g/mol. The average Bonchev–Trinajstić information content (AvgIpc) is 2.64. The van der Waals surface area contributed by atoms with Crippen molar-refractivity contribution in [2.24, 2.45) is 5.10 Å². The number of hydrogen-bond acceptors (Lipinski definition) is 6. The normalized spacial score (nSPS) is 12.3. The second-order valence-corrected chi connectivity index (χ2v) is 5.63. The van der Waals surface area contributed by atoms with E-state index in [2.05, 4.69) is 17.1 Å². The SMILES string of the molecule is C=C[C@@H](C/C(C)=N/Nc1ccc([N+](=O)[O-])cc1[N+](=O)[O-])c1ccccc1. The Kier molecular flexibility index (Phi) is 6.15. The number of benzene rings is 2. The molecule has 0 aliphatic rings. The lowest BCUT2D eigenvalue weighted by Crippen LogP contribution is -2.05. The molecule has 0 bridgehead atoms. The summed E-state index contributed by atoms with van der Waals surface area (Å²) >= 11 is 0. The van der Waals surface area contributed by atoms with Crippen molar-refractivity contribution in [1.29, 1.82) is 0 Å². The Bertz CT molecular complexity index is 850. The van der Waals surface area contributed by atoms with Crippen molar-refractivity contribution < 1.29 is 9.85 Å². The van der Waals surface area contributed by atoms with Gasteiger partial charge in [-0.15, -0.1) is 6.58 Å². The lowest BCUT2D eigenvalue weighted by molar-refractivity contribution is -0.393. The predicted octanol–water partition coefficient (Wildman–Crippen LogP) is 4.65. The van der Waals surface area contributed by atoms with Gasteiger partial charge >= 0.3 is 5.69 Å². The van der Waals surface area contributed by atoms with Gasteiger partial charge in [0, 0.05) is 17.7 Å². The number of non-ortho nitro benzene ring substituents is 1. The molecule has 0 spiro atoms. The van der Waals surface area contributed by atoms with E-state index in [-0.39, 0.29) is 17.3 Å². The Balaban J connectivity index is 2.16. The first-order valence-electron chi connectivity index (χ1n) is 7.82. The van der Waals surface area contributed by atoms with Crippen LogP contribution in [0.15, 0.2) is 66.3 Å². The van der Waals surface area contributed by atoms with Crippen molar-refractivity contribution in [3.8, 4) is 0 Å². The van der Waals surface area contributed by atoms with Crippen LogP contribution in [-0.2, 0) is 0 Å². The minimum absolute atomic E-state index is 0.0635. The van der Waals surface area contributed by atoms with E-state index in [0.29, 0.717) is 12.1 Å². The van der Waals surface area contributed by atoms with Gasteiger partial charge in [0.15, 0.2) is 0 Å². The molecule has 2 rings (SSSR count). The van der Waals surface area contributed by atoms with Gasteiger partial charge in [-0.3, -0.25) is 25.7 Å². The van der Waals surface area contributed by atoms with Crippen LogP contribution in [0, 0.1) is 20.2 Å². The zero-order valence-electron chi connectivity index (χ0n) is 14.2. The van der Waals surface area contributed by atoms with Gasteiger partial charge in [-0.1, -0.05) is 36.4 Å². The molecule has 0 aliphatic heterocycles. The van der Waals surface area contributed by atoms with E-state index >= 15 is 0 Å². The summed E-state index contributed by atoms with van der Waals surface area (Å²) in [5.74, 6) is 0.0635. The number of rotatable bonds is 8. The largest absolute Gasteiger partial charge is 0.301 e. The molecule has 0 amide bonds. The summed E-state index contributed by atoms with van der Waals surface area (Å²) in [5.41, 5.74) is 3.78. The Labute approximate surface area is 150 Å². The molecule has 0 fully saturated rings. The van der Waals surface area contributed by atoms with E-state index in [1.54, 1.807) is 6.92 Å². The average molecular weight is 354 g/mol. The molecule has 0 heterocycles. The van der Waals surface area contributed by atoms with Crippen LogP contribution in [0.5, 0.6) is 0 Å². The highest BCUT2D eigenvalue weighted by Crippen LogP contribution is 2.29. The molecule has 8 nitrogen and oxygen atoms in total. The standard InChI is InChI=1S/C18H18N4O4/c1-3-14(15-7-5-4-6-8-15)11-13(2)19-20-17-10-9-16(21(23)24)12-18(17)22(25)26/h3-10,12,14,20H,1,11H2,2H3/b19-13+/t14-/m0/s1. The van der Waals surface area contributed by atoms with Gasteiger partial charge in [-0.05, 0) is 25.0 Å². The van der Waals surface area contributed by atoms with Crippen LogP contribution in [0.2, 0.25) is 0 Å². The molecule has 0 radical (unpaired) electrons. The highest BCUT2D eigenvalue weighted by molar-refractivity contribution is 5.84. The molecule has 0 saturated heterocycles. The number of anilines is 1. The number of nitro benzene ring substituents is 2. The number of hydrogen-bond donors (Lipinski definition) is 1. The second kappa shape index (κ2) is 8.52. The van der Waals surface area contributed by atoms with Crippen molar-refractivity contribution in [3.63, 3.8) is 0 Å². The van der Waals surface area contributed by atoms with Gasteiger partial charge in [0.05, 0.1) is 15.9 Å². The maximum Gasteiger partial charge on any atom is 0.301 e. The lowest BCUT2D eigenvalue weighted by atomic mass is 9.94. The van der Waals surface area contributed by atoms with Crippen molar-refractivity contribution in [2.45, 2.75) is 19.3 Å². The fourth-order valence-corrected chi connectivity index (χ4v) is 2.44. The quantitative estimate of drug-likeness (QED) is 0.321. The maximum absolute atomic E-state index is 11.1. The summed E-state index contributed by atoms with van der Waals surface area (Å²) in [6.45, 7) is 5.64. The first-order valence-corrected chi connectivity index (χ1v) is 7.82. The van der Waals surface area contributed by atoms with Crippen LogP contribution in [0.25, 0.3) is 0 Å². The molecule has 134 valence electrons. The molecule has 0 aliphatic carbocycles. The minimum Gasteiger partial charge on any atom is -0.272 e. The molecule has 8 heteroatoms. The number of nitrogens with zero attached hydrogens (tertiary/aromatic N) is 3. The summed E-state index contributed by atoms with van der Waals surface area (Å²) in [6, 6.07) is 13.2. The van der Waals surface area contributed by atoms with E-state index in [1.807, 2.05) is 36.4 Å². The van der Waals surface area contributed by atoms with Gasteiger partial charge in [0.1, 0.15) is 5.69 Å². The van der Waals surface area contributed by atoms with Crippen LogP contribution < -0.4 is 5.43 Å². The zero-order valence-corrected chi connectivity index (χ0v) is 14.2. The van der Waals surface area contributed by atoms with Gasteiger partial charge in [-0.2, -0.15) is 5.10 Å². The summed E-state index contributed by atoms with van der Waals surface area (Å²) < 4.78 is 0. The summed E-state index contributed by atoms with van der Waals surface area (Å²) in [4.78, 5) is 20.5. The highest BCUT2D eigenvalue weighted by atomic mass is 16.6.